The Morgan fingerprint density at radius 1 is 1.50 bits per heavy atom. The second-order valence-corrected chi connectivity index (χ2v) is 6.69. The van der Waals surface area contributed by atoms with Crippen molar-refractivity contribution in [1.82, 2.24) is 10.2 Å². The van der Waals surface area contributed by atoms with Crippen molar-refractivity contribution in [3.05, 3.63) is 22.4 Å². The molecular formula is C15H24N2S. The molecule has 0 spiro atoms. The van der Waals surface area contributed by atoms with Gasteiger partial charge in [-0.1, -0.05) is 19.4 Å². The van der Waals surface area contributed by atoms with E-state index in [1.807, 2.05) is 11.3 Å². The zero-order valence-electron chi connectivity index (χ0n) is 11.3. The molecule has 1 aliphatic carbocycles. The molecule has 3 heteroatoms. The van der Waals surface area contributed by atoms with E-state index in [-0.39, 0.29) is 0 Å². The maximum absolute atomic E-state index is 3.72. The molecule has 18 heavy (non-hydrogen) atoms. The Morgan fingerprint density at radius 3 is 3.06 bits per heavy atom. The molecule has 1 saturated carbocycles. The minimum Gasteiger partial charge on any atom is -0.311 e. The van der Waals surface area contributed by atoms with Gasteiger partial charge in [0, 0.05) is 36.6 Å². The van der Waals surface area contributed by atoms with Crippen LogP contribution < -0.4 is 5.32 Å². The Labute approximate surface area is 114 Å². The molecule has 100 valence electrons. The van der Waals surface area contributed by atoms with E-state index >= 15 is 0 Å². The zero-order valence-corrected chi connectivity index (χ0v) is 12.1. The molecule has 0 amide bonds. The lowest BCUT2D eigenvalue weighted by Crippen LogP contribution is -2.52. The molecule has 2 unspecified atom stereocenters. The average Bonchev–Trinajstić information content (AvgIpc) is 3.13. The van der Waals surface area contributed by atoms with Crippen molar-refractivity contribution >= 4 is 11.3 Å². The zero-order chi connectivity index (χ0) is 12.4. The van der Waals surface area contributed by atoms with Crippen LogP contribution in [0.2, 0.25) is 0 Å². The summed E-state index contributed by atoms with van der Waals surface area (Å²) in [6.07, 6.45) is 5.48. The van der Waals surface area contributed by atoms with E-state index in [0.717, 1.165) is 12.0 Å². The van der Waals surface area contributed by atoms with E-state index in [1.165, 1.54) is 45.3 Å². The van der Waals surface area contributed by atoms with Crippen molar-refractivity contribution in [1.29, 1.82) is 0 Å². The predicted octanol–water partition coefficient (Wildman–Crippen LogP) is 3.27. The molecular weight excluding hydrogens is 240 g/mol. The average molecular weight is 264 g/mol. The summed E-state index contributed by atoms with van der Waals surface area (Å²) in [4.78, 5) is 4.29. The van der Waals surface area contributed by atoms with E-state index in [1.54, 1.807) is 4.88 Å². The molecule has 1 aromatic heterocycles. The van der Waals surface area contributed by atoms with Gasteiger partial charge in [-0.05, 0) is 36.6 Å². The molecule has 2 heterocycles. The van der Waals surface area contributed by atoms with Crippen LogP contribution in [0.1, 0.15) is 43.5 Å². The molecule has 1 aromatic rings. The second kappa shape index (κ2) is 5.72. The third-order valence-corrected chi connectivity index (χ3v) is 5.28. The fourth-order valence-electron chi connectivity index (χ4n) is 3.16. The summed E-state index contributed by atoms with van der Waals surface area (Å²) in [5.74, 6) is 0.971. The lowest BCUT2D eigenvalue weighted by molar-refractivity contribution is 0.130. The van der Waals surface area contributed by atoms with Crippen molar-refractivity contribution in [3.63, 3.8) is 0 Å². The third-order valence-electron chi connectivity index (χ3n) is 4.30. The van der Waals surface area contributed by atoms with Crippen LogP contribution in [0.25, 0.3) is 0 Å². The fraction of sp³-hybridized carbons (Fsp3) is 0.733. The Kier molecular flexibility index (Phi) is 4.02. The number of hydrogen-bond donors (Lipinski definition) is 1. The number of nitrogens with one attached hydrogen (secondary N) is 1. The summed E-state index contributed by atoms with van der Waals surface area (Å²) < 4.78 is 0. The molecule has 0 radical (unpaired) electrons. The normalized spacial score (nSPS) is 27.3. The first-order chi connectivity index (χ1) is 8.88. The van der Waals surface area contributed by atoms with Gasteiger partial charge in [0.1, 0.15) is 0 Å². The van der Waals surface area contributed by atoms with Crippen LogP contribution in [-0.2, 0) is 0 Å². The van der Waals surface area contributed by atoms with E-state index in [2.05, 4.69) is 34.7 Å². The van der Waals surface area contributed by atoms with Gasteiger partial charge in [-0.3, -0.25) is 4.90 Å². The number of piperazine rings is 1. The molecule has 1 N–H and O–H groups in total. The van der Waals surface area contributed by atoms with Crippen molar-refractivity contribution in [3.8, 4) is 0 Å². The van der Waals surface area contributed by atoms with E-state index in [9.17, 15) is 0 Å². The number of nitrogens with zero attached hydrogens (tertiary/aromatic N) is 1. The molecule has 1 aliphatic heterocycles. The van der Waals surface area contributed by atoms with Crippen LogP contribution in [0.4, 0.5) is 0 Å². The minimum atomic E-state index is 0.665. The monoisotopic (exact) mass is 264 g/mol. The molecule has 2 atom stereocenters. The molecule has 2 nitrogen and oxygen atoms in total. The summed E-state index contributed by atoms with van der Waals surface area (Å²) in [7, 11) is 0. The molecule has 0 aromatic carbocycles. The topological polar surface area (TPSA) is 15.3 Å². The molecule has 1 saturated heterocycles. The highest BCUT2D eigenvalue weighted by Crippen LogP contribution is 2.36. The largest absolute Gasteiger partial charge is 0.311 e. The van der Waals surface area contributed by atoms with Gasteiger partial charge in [-0.15, -0.1) is 11.3 Å². The Bertz CT molecular complexity index is 359. The van der Waals surface area contributed by atoms with Gasteiger partial charge in [0.2, 0.25) is 0 Å². The summed E-state index contributed by atoms with van der Waals surface area (Å²) in [6.45, 7) is 5.95. The van der Waals surface area contributed by atoms with Gasteiger partial charge in [-0.25, -0.2) is 0 Å². The van der Waals surface area contributed by atoms with E-state index in [0.29, 0.717) is 6.04 Å². The van der Waals surface area contributed by atoms with Crippen LogP contribution in [0.3, 0.4) is 0 Å². The Hall–Kier alpha value is -0.380. The Balaban J connectivity index is 1.69. The van der Waals surface area contributed by atoms with E-state index < -0.39 is 0 Å². The van der Waals surface area contributed by atoms with Crippen LogP contribution >= 0.6 is 11.3 Å². The fourth-order valence-corrected chi connectivity index (χ4v) is 4.05. The van der Waals surface area contributed by atoms with Gasteiger partial charge < -0.3 is 5.32 Å². The highest BCUT2D eigenvalue weighted by Gasteiger charge is 2.35. The predicted molar refractivity (Wildman–Crippen MR) is 78.1 cm³/mol. The maximum Gasteiger partial charge on any atom is 0.0442 e. The van der Waals surface area contributed by atoms with Crippen LogP contribution in [0, 0.1) is 5.92 Å². The smallest absolute Gasteiger partial charge is 0.0442 e. The van der Waals surface area contributed by atoms with Crippen molar-refractivity contribution < 1.29 is 0 Å². The molecule has 2 fully saturated rings. The SMILES string of the molecule is CCCC(c1cccs1)N1CCNC(C2CC2)C1. The molecule has 0 bridgehead atoms. The summed E-state index contributed by atoms with van der Waals surface area (Å²) in [5, 5.41) is 5.94. The maximum atomic E-state index is 3.72. The summed E-state index contributed by atoms with van der Waals surface area (Å²) in [6, 6.07) is 5.94. The third kappa shape index (κ3) is 2.79. The van der Waals surface area contributed by atoms with Crippen molar-refractivity contribution in [2.24, 2.45) is 5.92 Å². The van der Waals surface area contributed by atoms with Gasteiger partial charge >= 0.3 is 0 Å². The number of thiophene rings is 1. The molecule has 3 rings (SSSR count). The van der Waals surface area contributed by atoms with Crippen LogP contribution in [0.15, 0.2) is 17.5 Å². The first-order valence-electron chi connectivity index (χ1n) is 7.39. The first-order valence-corrected chi connectivity index (χ1v) is 8.27. The van der Waals surface area contributed by atoms with Crippen molar-refractivity contribution in [2.75, 3.05) is 19.6 Å². The summed E-state index contributed by atoms with van der Waals surface area (Å²) in [5.41, 5.74) is 0. The van der Waals surface area contributed by atoms with Gasteiger partial charge in [0.05, 0.1) is 0 Å². The van der Waals surface area contributed by atoms with Crippen LogP contribution in [0.5, 0.6) is 0 Å². The van der Waals surface area contributed by atoms with Gasteiger partial charge in [-0.2, -0.15) is 0 Å². The quantitative estimate of drug-likeness (QED) is 0.878. The number of hydrogen-bond acceptors (Lipinski definition) is 3. The van der Waals surface area contributed by atoms with Crippen LogP contribution in [-0.4, -0.2) is 30.6 Å². The standard InChI is InChI=1S/C15H24N2S/c1-2-4-14(15-5-3-10-18-15)17-9-8-16-13(11-17)12-6-7-12/h3,5,10,12-14,16H,2,4,6-9,11H2,1H3. The highest BCUT2D eigenvalue weighted by atomic mass is 32.1. The van der Waals surface area contributed by atoms with Gasteiger partial charge in [0.25, 0.3) is 0 Å². The first kappa shape index (κ1) is 12.6. The second-order valence-electron chi connectivity index (χ2n) is 5.71. The van der Waals surface area contributed by atoms with Crippen molar-refractivity contribution in [2.45, 2.75) is 44.7 Å². The summed E-state index contributed by atoms with van der Waals surface area (Å²) >= 11 is 1.93. The molecule has 2 aliphatic rings. The highest BCUT2D eigenvalue weighted by molar-refractivity contribution is 7.10. The number of rotatable bonds is 5. The minimum absolute atomic E-state index is 0.665. The lowest BCUT2D eigenvalue weighted by Gasteiger charge is -2.39. The lowest BCUT2D eigenvalue weighted by atomic mass is 10.0. The van der Waals surface area contributed by atoms with Gasteiger partial charge in [0.15, 0.2) is 0 Å². The Morgan fingerprint density at radius 2 is 2.39 bits per heavy atom. The van der Waals surface area contributed by atoms with E-state index in [4.69, 9.17) is 0 Å².